The summed E-state index contributed by atoms with van der Waals surface area (Å²) in [6, 6.07) is 0. The molecule has 4 aliphatic heterocycles. The summed E-state index contributed by atoms with van der Waals surface area (Å²) in [5.74, 6) is -0.491. The number of aliphatic hydroxyl groups excluding tert-OH is 4. The Morgan fingerprint density at radius 3 is 1.91 bits per heavy atom. The summed E-state index contributed by atoms with van der Waals surface area (Å²) in [7, 11) is 0. The Bertz CT molecular complexity index is 1260. The van der Waals surface area contributed by atoms with Crippen LogP contribution in [0.2, 0.25) is 0 Å². The first-order valence-electron chi connectivity index (χ1n) is 18.9. The van der Waals surface area contributed by atoms with Crippen LogP contribution >= 0.6 is 11.6 Å². The molecule has 0 aliphatic carbocycles. The molecule has 0 aromatic carbocycles. The van der Waals surface area contributed by atoms with E-state index in [9.17, 15) is 25.2 Å². The SMILES string of the molecule is CC/C=C\C\C=C/C=C/C=C/C=C\[C@@H]1OC(=O)CC[C@@H](Cl)/C=C/[C@@H](O)[C@H]1O[C@@H]1C[C@@H](O)[C@@H](O[C@H]2C[C@@H](O)[C@H](O[C@H]3CC[C@@H](O)[C@H](C)O3)[C@@H](C)O2)[C@H](C)O1. The molecule has 15 atom stereocenters. The van der Waals surface area contributed by atoms with Gasteiger partial charge < -0.3 is 53.6 Å². The molecule has 13 heteroatoms. The van der Waals surface area contributed by atoms with Crippen LogP contribution in [0.5, 0.6) is 0 Å². The normalized spacial score (nSPS) is 41.5. The standard InChI is InChI=1S/C40H59ClO12/c1-5-6-7-8-9-10-11-12-13-14-15-16-33-40(30(43)19-17-28(41)18-21-34(46)50-33)53-37-24-32(45)39(27(4)49-37)52-36-23-31(44)38(26(3)48-36)51-35-22-20-29(42)25(2)47-35/h6-7,9-17,19,25-33,35-40,42-45H,5,8,18,20-24H2,1-4H3/b7-6-,10-9-,12-11+,14-13+,16-15-,19-17+/t25-,26+,27-,28-,29+,30+,31+,32+,33-,35-,36-,37+,38+,39-,40+/m0/s1. The lowest BCUT2D eigenvalue weighted by atomic mass is 9.99. The number of halogens is 1. The van der Waals surface area contributed by atoms with Gasteiger partial charge in [0, 0.05) is 25.7 Å². The summed E-state index contributed by atoms with van der Waals surface area (Å²) in [4.78, 5) is 12.8. The van der Waals surface area contributed by atoms with Gasteiger partial charge >= 0.3 is 5.97 Å². The molecule has 0 aromatic rings. The number of ether oxygens (including phenoxy) is 7. The van der Waals surface area contributed by atoms with Crippen LogP contribution in [0.1, 0.15) is 79.1 Å². The zero-order valence-electron chi connectivity index (χ0n) is 31.2. The van der Waals surface area contributed by atoms with Gasteiger partial charge in [-0.05, 0) is 52.5 Å². The second-order valence-electron chi connectivity index (χ2n) is 13.9. The first-order valence-corrected chi connectivity index (χ1v) is 19.4. The van der Waals surface area contributed by atoms with E-state index in [1.807, 2.05) is 24.3 Å². The first kappa shape index (κ1) is 43.5. The van der Waals surface area contributed by atoms with E-state index in [1.54, 1.807) is 45.1 Å². The zero-order chi connectivity index (χ0) is 38.3. The van der Waals surface area contributed by atoms with E-state index in [0.29, 0.717) is 19.3 Å². The van der Waals surface area contributed by atoms with Crippen molar-refractivity contribution in [2.45, 2.75) is 170 Å². The third kappa shape index (κ3) is 14.1. The molecule has 0 aromatic heterocycles. The number of carbonyl (C=O) groups is 1. The Morgan fingerprint density at radius 1 is 0.698 bits per heavy atom. The lowest BCUT2D eigenvalue weighted by molar-refractivity contribution is -0.334. The van der Waals surface area contributed by atoms with Crippen molar-refractivity contribution in [1.29, 1.82) is 0 Å². The highest BCUT2D eigenvalue weighted by Gasteiger charge is 2.45. The molecule has 0 spiro atoms. The van der Waals surface area contributed by atoms with Crippen LogP contribution in [-0.4, -0.2) is 118 Å². The number of cyclic esters (lactones) is 1. The molecule has 0 radical (unpaired) electrons. The lowest BCUT2D eigenvalue weighted by Gasteiger charge is -2.44. The maximum Gasteiger partial charge on any atom is 0.306 e. The molecule has 298 valence electrons. The van der Waals surface area contributed by atoms with Gasteiger partial charge in [0.15, 0.2) is 18.9 Å². The maximum atomic E-state index is 12.8. The quantitative estimate of drug-likeness (QED) is 0.0876. The monoisotopic (exact) mass is 766 g/mol. The number of esters is 1. The van der Waals surface area contributed by atoms with Crippen LogP contribution in [0.25, 0.3) is 0 Å². The molecule has 0 saturated carbocycles. The molecule has 3 fully saturated rings. The van der Waals surface area contributed by atoms with Gasteiger partial charge in [-0.15, -0.1) is 11.6 Å². The highest BCUT2D eigenvalue weighted by Crippen LogP contribution is 2.32. The van der Waals surface area contributed by atoms with E-state index >= 15 is 0 Å². The van der Waals surface area contributed by atoms with Gasteiger partial charge in [-0.2, -0.15) is 0 Å². The van der Waals surface area contributed by atoms with Crippen LogP contribution in [0, 0.1) is 0 Å². The molecule has 4 heterocycles. The number of alkyl halides is 1. The predicted molar refractivity (Wildman–Crippen MR) is 199 cm³/mol. The van der Waals surface area contributed by atoms with Gasteiger partial charge in [0.1, 0.15) is 30.5 Å². The molecule has 53 heavy (non-hydrogen) atoms. The van der Waals surface area contributed by atoms with Crippen molar-refractivity contribution in [1.82, 2.24) is 0 Å². The highest BCUT2D eigenvalue weighted by molar-refractivity contribution is 6.21. The fraction of sp³-hybridized carbons (Fsp3) is 0.675. The van der Waals surface area contributed by atoms with Crippen molar-refractivity contribution < 1.29 is 58.4 Å². The van der Waals surface area contributed by atoms with E-state index in [0.717, 1.165) is 12.8 Å². The summed E-state index contributed by atoms with van der Waals surface area (Å²) < 4.78 is 42.2. The van der Waals surface area contributed by atoms with Crippen molar-refractivity contribution in [3.63, 3.8) is 0 Å². The number of hydrogen-bond donors (Lipinski definition) is 4. The number of aliphatic hydroxyl groups is 4. The van der Waals surface area contributed by atoms with Crippen LogP contribution in [-0.2, 0) is 38.0 Å². The Hall–Kier alpha value is -2.20. The summed E-state index contributed by atoms with van der Waals surface area (Å²) in [5.41, 5.74) is 0. The van der Waals surface area contributed by atoms with Gasteiger partial charge in [0.25, 0.3) is 0 Å². The molecule has 0 amide bonds. The third-order valence-corrected chi connectivity index (χ3v) is 9.92. The number of carbonyl (C=O) groups excluding carboxylic acids is 1. The Kier molecular flexibility index (Phi) is 18.4. The van der Waals surface area contributed by atoms with Gasteiger partial charge in [-0.1, -0.05) is 73.8 Å². The van der Waals surface area contributed by atoms with Crippen molar-refractivity contribution in [2.24, 2.45) is 0 Å². The van der Waals surface area contributed by atoms with Crippen LogP contribution in [0.4, 0.5) is 0 Å². The molecule has 4 aliphatic rings. The Morgan fingerprint density at radius 2 is 1.28 bits per heavy atom. The molecular weight excluding hydrogens is 708 g/mol. The number of rotatable bonds is 13. The average molecular weight is 767 g/mol. The van der Waals surface area contributed by atoms with Crippen molar-refractivity contribution in [2.75, 3.05) is 0 Å². The van der Waals surface area contributed by atoms with E-state index in [4.69, 9.17) is 44.8 Å². The highest BCUT2D eigenvalue weighted by atomic mass is 35.5. The molecule has 3 saturated heterocycles. The fourth-order valence-corrected chi connectivity index (χ4v) is 6.77. The van der Waals surface area contributed by atoms with Gasteiger partial charge in [0.05, 0.1) is 42.0 Å². The van der Waals surface area contributed by atoms with Gasteiger partial charge in [0.2, 0.25) is 0 Å². The smallest absolute Gasteiger partial charge is 0.306 e. The summed E-state index contributed by atoms with van der Waals surface area (Å²) in [5, 5.41) is 42.9. The molecule has 0 bridgehead atoms. The lowest BCUT2D eigenvalue weighted by Crippen LogP contribution is -2.56. The fourth-order valence-electron chi connectivity index (χ4n) is 6.58. The van der Waals surface area contributed by atoms with Gasteiger partial charge in [-0.3, -0.25) is 4.79 Å². The third-order valence-electron chi connectivity index (χ3n) is 9.55. The van der Waals surface area contributed by atoms with Gasteiger partial charge in [-0.25, -0.2) is 0 Å². The minimum atomic E-state index is -1.22. The minimum absolute atomic E-state index is 0.0173. The van der Waals surface area contributed by atoms with Crippen LogP contribution in [0.15, 0.2) is 72.9 Å². The molecule has 0 unspecified atom stereocenters. The summed E-state index contributed by atoms with van der Waals surface area (Å²) in [6.07, 6.45) is 14.2. The number of allylic oxidation sites excluding steroid dienone is 10. The summed E-state index contributed by atoms with van der Waals surface area (Å²) in [6.45, 7) is 7.37. The number of hydrogen-bond acceptors (Lipinski definition) is 12. The van der Waals surface area contributed by atoms with E-state index in [-0.39, 0.29) is 25.4 Å². The largest absolute Gasteiger partial charge is 0.455 e. The van der Waals surface area contributed by atoms with E-state index in [1.165, 1.54) is 6.08 Å². The molecule has 4 rings (SSSR count). The Labute approximate surface area is 318 Å². The van der Waals surface area contributed by atoms with Crippen molar-refractivity contribution in [3.8, 4) is 0 Å². The second kappa shape index (κ2) is 22.4. The maximum absolute atomic E-state index is 12.8. The molecular formula is C40H59ClO12. The van der Waals surface area contributed by atoms with Crippen LogP contribution in [0.3, 0.4) is 0 Å². The van der Waals surface area contributed by atoms with Crippen molar-refractivity contribution in [3.05, 3.63) is 72.9 Å². The molecule has 4 N–H and O–H groups in total. The van der Waals surface area contributed by atoms with Crippen LogP contribution < -0.4 is 0 Å². The second-order valence-corrected chi connectivity index (χ2v) is 14.5. The van der Waals surface area contributed by atoms with E-state index < -0.39 is 91.3 Å². The minimum Gasteiger partial charge on any atom is -0.455 e. The summed E-state index contributed by atoms with van der Waals surface area (Å²) >= 11 is 6.32. The average Bonchev–Trinajstić information content (AvgIpc) is 3.11. The topological polar surface area (TPSA) is 163 Å². The van der Waals surface area contributed by atoms with E-state index in [2.05, 4.69) is 25.2 Å². The Balaban J connectivity index is 1.36. The first-order chi connectivity index (χ1) is 25.4. The van der Waals surface area contributed by atoms with Crippen molar-refractivity contribution >= 4 is 17.6 Å². The predicted octanol–water partition coefficient (Wildman–Crippen LogP) is 4.83. The zero-order valence-corrected chi connectivity index (χ0v) is 31.9. The molecule has 12 nitrogen and oxygen atoms in total.